The topological polar surface area (TPSA) is 0 Å². The van der Waals surface area contributed by atoms with E-state index in [0.717, 1.165) is 0 Å². The van der Waals surface area contributed by atoms with Crippen molar-refractivity contribution in [2.45, 2.75) is 17.3 Å². The van der Waals surface area contributed by atoms with Crippen LogP contribution in [0.4, 0.5) is 0 Å². The molecule has 2 heteroatoms. The Morgan fingerprint density at radius 1 is 1.00 bits per heavy atom. The quantitative estimate of drug-likeness (QED) is 0.492. The van der Waals surface area contributed by atoms with Gasteiger partial charge >= 0.3 is 49.6 Å². The summed E-state index contributed by atoms with van der Waals surface area (Å²) in [5.41, 5.74) is 0. The Balaban J connectivity index is 0. The minimum absolute atomic E-state index is 0. The van der Waals surface area contributed by atoms with Crippen LogP contribution in [-0.4, -0.2) is 32.3 Å². The third-order valence-electron chi connectivity index (χ3n) is 0. The van der Waals surface area contributed by atoms with Crippen LogP contribution >= 0.6 is 0 Å². The Kier molecular flexibility index (Phi) is 9.63. The van der Waals surface area contributed by atoms with E-state index >= 15 is 0 Å². The van der Waals surface area contributed by atoms with Gasteiger partial charge in [-0.2, -0.15) is 0 Å². The maximum absolute atomic E-state index is 2.33. The van der Waals surface area contributed by atoms with Gasteiger partial charge in [0.25, 0.3) is 0 Å². The third-order valence-corrected chi connectivity index (χ3v) is 0. The molecule has 0 fully saturated rings. The standard InChI is InChI=1S/C3H9Ge.AsH2/c1-4(2)3;/h1-3H3;1H2. The van der Waals surface area contributed by atoms with Crippen molar-refractivity contribution in [3.05, 3.63) is 0 Å². The van der Waals surface area contributed by atoms with Gasteiger partial charge in [-0.15, -0.1) is 0 Å². The predicted octanol–water partition coefficient (Wildman–Crippen LogP) is 0.454. The molecule has 32 valence electrons. The van der Waals surface area contributed by atoms with Gasteiger partial charge < -0.3 is 0 Å². The summed E-state index contributed by atoms with van der Waals surface area (Å²) in [6, 6.07) is 0. The Labute approximate surface area is 49.8 Å². The fraction of sp³-hybridized carbons (Fsp3) is 1.00. The molecule has 0 rings (SSSR count). The molecule has 0 N–H and O–H groups in total. The van der Waals surface area contributed by atoms with Crippen LogP contribution in [0.25, 0.3) is 0 Å². The van der Waals surface area contributed by atoms with Gasteiger partial charge in [0, 0.05) is 0 Å². The average molecular weight is 195 g/mol. The summed E-state index contributed by atoms with van der Waals surface area (Å²) in [6.07, 6.45) is 0. The SMILES string of the molecule is [AsH2].[CH3][Ge]([CH3])[CH3]. The van der Waals surface area contributed by atoms with Crippen molar-refractivity contribution >= 4 is 32.3 Å². The Hall–Kier alpha value is 1.10. The van der Waals surface area contributed by atoms with E-state index in [1.807, 2.05) is 0 Å². The predicted molar refractivity (Wildman–Crippen MR) is 31.9 cm³/mol. The van der Waals surface area contributed by atoms with Gasteiger partial charge in [0.15, 0.2) is 0 Å². The molecule has 0 aliphatic carbocycles. The molecule has 0 unspecified atom stereocenters. The normalized spacial score (nSPS) is 7.20. The van der Waals surface area contributed by atoms with Crippen LogP contribution < -0.4 is 0 Å². The van der Waals surface area contributed by atoms with Gasteiger partial charge in [-0.3, -0.25) is 0 Å². The molecule has 0 saturated carbocycles. The summed E-state index contributed by atoms with van der Waals surface area (Å²) in [6.45, 7) is 0. The number of rotatable bonds is 0. The molecule has 0 amide bonds. The zero-order valence-electron chi connectivity index (χ0n) is 4.08. The maximum atomic E-state index is 2.33. The Morgan fingerprint density at radius 3 is 1.00 bits per heavy atom. The van der Waals surface area contributed by atoms with Gasteiger partial charge in [-0.25, -0.2) is 0 Å². The molecule has 0 bridgehead atoms. The van der Waals surface area contributed by atoms with Crippen molar-refractivity contribution < 1.29 is 0 Å². The summed E-state index contributed by atoms with van der Waals surface area (Å²) < 4.78 is 0. The third kappa shape index (κ3) is 40.5. The van der Waals surface area contributed by atoms with E-state index in [1.165, 1.54) is 0 Å². The zero-order chi connectivity index (χ0) is 3.58. The summed E-state index contributed by atoms with van der Waals surface area (Å²) >= 11 is -0.333. The molecule has 0 saturated heterocycles. The van der Waals surface area contributed by atoms with Crippen LogP contribution in [0.1, 0.15) is 0 Å². The van der Waals surface area contributed by atoms with Crippen LogP contribution in [0.15, 0.2) is 0 Å². The van der Waals surface area contributed by atoms with E-state index in [0.29, 0.717) is 0 Å². The molecule has 0 aromatic heterocycles. The van der Waals surface area contributed by atoms with Gasteiger partial charge in [-0.05, 0) is 0 Å². The molecule has 0 aromatic carbocycles. The average Bonchev–Trinajstić information content (AvgIpc) is 0.811. The molecule has 0 nitrogen and oxygen atoms in total. The van der Waals surface area contributed by atoms with Crippen LogP contribution in [0.2, 0.25) is 17.3 Å². The van der Waals surface area contributed by atoms with Crippen LogP contribution in [0.5, 0.6) is 0 Å². The van der Waals surface area contributed by atoms with Crippen molar-refractivity contribution in [1.82, 2.24) is 0 Å². The molecule has 0 spiro atoms. The van der Waals surface area contributed by atoms with Crippen LogP contribution in [0, 0.1) is 0 Å². The first-order valence-electron chi connectivity index (χ1n) is 1.50. The molecular formula is C3H11AsGe. The number of hydrogen-bond donors (Lipinski definition) is 0. The Bertz CT molecular complexity index is 11.6. The summed E-state index contributed by atoms with van der Waals surface area (Å²) in [5.74, 6) is 7.00. The molecular weight excluding hydrogens is 184 g/mol. The first-order chi connectivity index (χ1) is 1.73. The van der Waals surface area contributed by atoms with Crippen molar-refractivity contribution in [1.29, 1.82) is 0 Å². The van der Waals surface area contributed by atoms with Crippen LogP contribution in [-0.2, 0) is 0 Å². The molecule has 0 aliphatic heterocycles. The first kappa shape index (κ1) is 9.44. The molecule has 0 heterocycles. The van der Waals surface area contributed by atoms with Gasteiger partial charge in [0.1, 0.15) is 0 Å². The van der Waals surface area contributed by atoms with E-state index in [2.05, 4.69) is 17.3 Å². The minimum atomic E-state index is -0.333. The van der Waals surface area contributed by atoms with E-state index in [1.54, 1.807) is 0 Å². The van der Waals surface area contributed by atoms with E-state index < -0.39 is 0 Å². The summed E-state index contributed by atoms with van der Waals surface area (Å²) in [5, 5.41) is 0. The second kappa shape index (κ2) is 5.10. The molecule has 5 heavy (non-hydrogen) atoms. The summed E-state index contributed by atoms with van der Waals surface area (Å²) in [7, 11) is 0. The second-order valence-corrected chi connectivity index (χ2v) is 7.79. The van der Waals surface area contributed by atoms with Crippen molar-refractivity contribution in [3.63, 3.8) is 0 Å². The van der Waals surface area contributed by atoms with Crippen LogP contribution in [0.3, 0.4) is 0 Å². The van der Waals surface area contributed by atoms with Crippen molar-refractivity contribution in [3.8, 4) is 0 Å². The fourth-order valence-electron chi connectivity index (χ4n) is 0. The van der Waals surface area contributed by atoms with Gasteiger partial charge in [-0.1, -0.05) is 0 Å². The molecule has 0 aromatic rings. The van der Waals surface area contributed by atoms with E-state index in [-0.39, 0.29) is 32.3 Å². The summed E-state index contributed by atoms with van der Waals surface area (Å²) in [4.78, 5) is 0. The van der Waals surface area contributed by atoms with E-state index in [9.17, 15) is 0 Å². The first-order valence-corrected chi connectivity index (χ1v) is 7.79. The zero-order valence-corrected chi connectivity index (χ0v) is 8.60. The molecule has 0 aliphatic rings. The van der Waals surface area contributed by atoms with Gasteiger partial charge in [0.05, 0.1) is 0 Å². The second-order valence-electron chi connectivity index (χ2n) is 1.50. The van der Waals surface area contributed by atoms with Gasteiger partial charge in [0.2, 0.25) is 0 Å². The fourth-order valence-corrected chi connectivity index (χ4v) is 0. The number of hydrogen-bond acceptors (Lipinski definition) is 0. The molecule has 2 radical (unpaired) electrons. The van der Waals surface area contributed by atoms with Crippen molar-refractivity contribution in [2.75, 3.05) is 0 Å². The van der Waals surface area contributed by atoms with Crippen molar-refractivity contribution in [2.24, 2.45) is 0 Å². The Morgan fingerprint density at radius 2 is 1.00 bits per heavy atom. The molecule has 0 atom stereocenters. The monoisotopic (exact) mass is 196 g/mol. The van der Waals surface area contributed by atoms with E-state index in [4.69, 9.17) is 0 Å².